The number of ether oxygens (including phenoxy) is 1. The minimum atomic E-state index is 0.427. The van der Waals surface area contributed by atoms with Gasteiger partial charge in [0, 0.05) is 25.9 Å². The number of methoxy groups -OCH3 is 1. The molecule has 2 aromatic heterocycles. The first-order chi connectivity index (χ1) is 11.6. The van der Waals surface area contributed by atoms with Crippen LogP contribution in [0, 0.1) is 0 Å². The average molecular weight is 345 g/mol. The van der Waals surface area contributed by atoms with Gasteiger partial charge >= 0.3 is 0 Å². The smallest absolute Gasteiger partial charge is 0.229 e. The first kappa shape index (κ1) is 16.1. The first-order valence-electron chi connectivity index (χ1n) is 7.25. The van der Waals surface area contributed by atoms with E-state index in [9.17, 15) is 0 Å². The fourth-order valence-corrected chi connectivity index (χ4v) is 2.45. The summed E-state index contributed by atoms with van der Waals surface area (Å²) in [5, 5.41) is 10.7. The lowest BCUT2D eigenvalue weighted by molar-refractivity contribution is 0.417. The number of aryl methyl sites for hydroxylation is 1. The van der Waals surface area contributed by atoms with Gasteiger partial charge in [0.2, 0.25) is 5.95 Å². The Morgan fingerprint density at radius 1 is 1.21 bits per heavy atom. The second kappa shape index (κ2) is 6.76. The lowest BCUT2D eigenvalue weighted by Gasteiger charge is -2.12. The molecule has 8 heteroatoms. The summed E-state index contributed by atoms with van der Waals surface area (Å²) < 4.78 is 7.24. The molecule has 0 fully saturated rings. The van der Waals surface area contributed by atoms with Gasteiger partial charge in [-0.2, -0.15) is 10.1 Å². The van der Waals surface area contributed by atoms with E-state index in [0.29, 0.717) is 22.5 Å². The van der Waals surface area contributed by atoms with Crippen molar-refractivity contribution >= 4 is 29.1 Å². The van der Waals surface area contributed by atoms with Gasteiger partial charge in [-0.05, 0) is 17.7 Å². The van der Waals surface area contributed by atoms with E-state index in [1.165, 1.54) is 0 Å². The second-order valence-corrected chi connectivity index (χ2v) is 5.49. The van der Waals surface area contributed by atoms with Crippen LogP contribution in [0.2, 0.25) is 5.02 Å². The number of benzene rings is 1. The molecule has 0 saturated heterocycles. The van der Waals surface area contributed by atoms with Crippen LogP contribution in [-0.2, 0) is 7.05 Å². The summed E-state index contributed by atoms with van der Waals surface area (Å²) in [6, 6.07) is 5.84. The normalized spacial score (nSPS) is 10.5. The van der Waals surface area contributed by atoms with Gasteiger partial charge < -0.3 is 15.4 Å². The third-order valence-electron chi connectivity index (χ3n) is 3.47. The highest BCUT2D eigenvalue weighted by Gasteiger charge is 2.10. The van der Waals surface area contributed by atoms with Crippen molar-refractivity contribution in [2.75, 3.05) is 24.8 Å². The zero-order valence-electron chi connectivity index (χ0n) is 13.5. The van der Waals surface area contributed by atoms with Gasteiger partial charge in [-0.1, -0.05) is 17.7 Å². The van der Waals surface area contributed by atoms with Gasteiger partial charge in [0.25, 0.3) is 0 Å². The van der Waals surface area contributed by atoms with Crippen molar-refractivity contribution < 1.29 is 4.74 Å². The fourth-order valence-electron chi connectivity index (χ4n) is 2.27. The van der Waals surface area contributed by atoms with Crippen LogP contribution in [0.5, 0.6) is 5.75 Å². The highest BCUT2D eigenvalue weighted by Crippen LogP contribution is 2.32. The average Bonchev–Trinajstić information content (AvgIpc) is 3.03. The third kappa shape index (κ3) is 3.26. The predicted octanol–water partition coefficient (Wildman–Crippen LogP) is 3.32. The summed E-state index contributed by atoms with van der Waals surface area (Å²) in [6.45, 7) is 0. The zero-order chi connectivity index (χ0) is 17.1. The van der Waals surface area contributed by atoms with Crippen molar-refractivity contribution in [3.8, 4) is 16.9 Å². The van der Waals surface area contributed by atoms with Crippen LogP contribution in [0.4, 0.5) is 17.5 Å². The minimum absolute atomic E-state index is 0.427. The van der Waals surface area contributed by atoms with E-state index in [0.717, 1.165) is 16.8 Å². The van der Waals surface area contributed by atoms with Gasteiger partial charge in [-0.3, -0.25) is 4.68 Å². The number of aromatic nitrogens is 4. The number of anilines is 3. The third-order valence-corrected chi connectivity index (χ3v) is 3.74. The van der Waals surface area contributed by atoms with Crippen molar-refractivity contribution in [1.82, 2.24) is 19.7 Å². The molecule has 0 aliphatic heterocycles. The lowest BCUT2D eigenvalue weighted by Crippen LogP contribution is -2.02. The summed E-state index contributed by atoms with van der Waals surface area (Å²) in [5.74, 6) is 1.66. The van der Waals surface area contributed by atoms with Crippen molar-refractivity contribution in [2.24, 2.45) is 7.05 Å². The standard InChI is InChI=1S/C16H17ClN6O/c1-18-15-12(17)8-19-16(22-15)21-13-5-4-10(6-14(13)24-3)11-7-20-23(2)9-11/h4-9H,1-3H3,(H2,18,19,21,22). The Bertz CT molecular complexity index is 864. The van der Waals surface area contributed by atoms with Crippen LogP contribution in [0.15, 0.2) is 36.8 Å². The van der Waals surface area contributed by atoms with Gasteiger partial charge in [0.1, 0.15) is 16.6 Å². The predicted molar refractivity (Wildman–Crippen MR) is 95.1 cm³/mol. The molecule has 0 aliphatic carbocycles. The summed E-state index contributed by atoms with van der Waals surface area (Å²) in [5.41, 5.74) is 2.79. The number of hydrogen-bond donors (Lipinski definition) is 2. The van der Waals surface area contributed by atoms with E-state index >= 15 is 0 Å². The number of halogens is 1. The molecule has 0 saturated carbocycles. The highest BCUT2D eigenvalue weighted by atomic mass is 35.5. The molecule has 7 nitrogen and oxygen atoms in total. The SMILES string of the molecule is CNc1nc(Nc2ccc(-c3cnn(C)c3)cc2OC)ncc1Cl. The summed E-state index contributed by atoms with van der Waals surface area (Å²) in [4.78, 5) is 8.49. The molecule has 1 aromatic carbocycles. The monoisotopic (exact) mass is 344 g/mol. The summed E-state index contributed by atoms with van der Waals surface area (Å²) in [6.07, 6.45) is 5.30. The van der Waals surface area contributed by atoms with Crippen LogP contribution in [0.25, 0.3) is 11.1 Å². The number of hydrogen-bond acceptors (Lipinski definition) is 6. The molecular weight excluding hydrogens is 328 g/mol. The van der Waals surface area contributed by atoms with Gasteiger partial charge in [0.05, 0.1) is 25.2 Å². The van der Waals surface area contributed by atoms with Crippen LogP contribution in [0.1, 0.15) is 0 Å². The molecule has 0 atom stereocenters. The Balaban J connectivity index is 1.91. The van der Waals surface area contributed by atoms with Crippen molar-refractivity contribution in [3.05, 3.63) is 41.8 Å². The molecular formula is C16H17ClN6O. The number of nitrogens with one attached hydrogen (secondary N) is 2. The Morgan fingerprint density at radius 2 is 2.04 bits per heavy atom. The minimum Gasteiger partial charge on any atom is -0.495 e. The van der Waals surface area contributed by atoms with Crippen molar-refractivity contribution in [2.45, 2.75) is 0 Å². The largest absolute Gasteiger partial charge is 0.495 e. The molecule has 0 amide bonds. The number of rotatable bonds is 5. The highest BCUT2D eigenvalue weighted by molar-refractivity contribution is 6.32. The Hall–Kier alpha value is -2.80. The van der Waals surface area contributed by atoms with E-state index in [4.69, 9.17) is 16.3 Å². The molecule has 0 aliphatic rings. The molecule has 2 heterocycles. The Labute approximate surface area is 144 Å². The van der Waals surface area contributed by atoms with Crippen LogP contribution in [0.3, 0.4) is 0 Å². The first-order valence-corrected chi connectivity index (χ1v) is 7.63. The van der Waals surface area contributed by atoms with Crippen molar-refractivity contribution in [3.63, 3.8) is 0 Å². The number of nitrogens with zero attached hydrogens (tertiary/aromatic N) is 4. The molecule has 2 N–H and O–H groups in total. The fraction of sp³-hybridized carbons (Fsp3) is 0.188. The van der Waals surface area contributed by atoms with E-state index in [1.807, 2.05) is 37.6 Å². The maximum absolute atomic E-state index is 6.00. The second-order valence-electron chi connectivity index (χ2n) is 5.08. The van der Waals surface area contributed by atoms with E-state index in [-0.39, 0.29) is 0 Å². The molecule has 0 spiro atoms. The zero-order valence-corrected chi connectivity index (χ0v) is 14.3. The molecule has 3 rings (SSSR count). The summed E-state index contributed by atoms with van der Waals surface area (Å²) in [7, 11) is 5.25. The topological polar surface area (TPSA) is 76.9 Å². The molecule has 24 heavy (non-hydrogen) atoms. The maximum Gasteiger partial charge on any atom is 0.229 e. The van der Waals surface area contributed by atoms with Gasteiger partial charge in [-0.25, -0.2) is 4.98 Å². The van der Waals surface area contributed by atoms with Gasteiger partial charge in [0.15, 0.2) is 0 Å². The quantitative estimate of drug-likeness (QED) is 0.739. The molecule has 0 unspecified atom stereocenters. The van der Waals surface area contributed by atoms with Crippen LogP contribution >= 0.6 is 11.6 Å². The van der Waals surface area contributed by atoms with Crippen LogP contribution < -0.4 is 15.4 Å². The molecule has 0 radical (unpaired) electrons. The molecule has 124 valence electrons. The lowest BCUT2D eigenvalue weighted by atomic mass is 10.1. The molecule has 3 aromatic rings. The van der Waals surface area contributed by atoms with Crippen molar-refractivity contribution in [1.29, 1.82) is 0 Å². The summed E-state index contributed by atoms with van der Waals surface area (Å²) >= 11 is 6.00. The van der Waals surface area contributed by atoms with E-state index in [1.54, 1.807) is 25.0 Å². The maximum atomic E-state index is 6.00. The Morgan fingerprint density at radius 3 is 2.71 bits per heavy atom. The Kier molecular flexibility index (Phi) is 4.52. The van der Waals surface area contributed by atoms with Gasteiger partial charge in [-0.15, -0.1) is 0 Å². The van der Waals surface area contributed by atoms with Crippen LogP contribution in [-0.4, -0.2) is 33.9 Å². The molecule has 0 bridgehead atoms. The van der Waals surface area contributed by atoms with E-state index in [2.05, 4.69) is 25.7 Å². The van der Waals surface area contributed by atoms with E-state index < -0.39 is 0 Å².